The standard InChI is InChI=1S/C27H36N4O2/c1-2-4-26(33-24-8-13-32-14-9-24)25(3-1)21-6-11-30(12-7-21)22-5-10-27(15-22)18-31(19-27)23-16-28-20-29-17-23/h1-4,16-17,20-22,24H,5-15,18-19H2. The lowest BCUT2D eigenvalue weighted by Crippen LogP contribution is -2.56. The van der Waals surface area contributed by atoms with Crippen molar-refractivity contribution >= 4 is 5.69 Å². The number of benzene rings is 1. The van der Waals surface area contributed by atoms with Crippen LogP contribution in [0.3, 0.4) is 0 Å². The first-order valence-electron chi connectivity index (χ1n) is 12.9. The molecular weight excluding hydrogens is 412 g/mol. The van der Waals surface area contributed by atoms with Crippen molar-refractivity contribution < 1.29 is 9.47 Å². The van der Waals surface area contributed by atoms with Crippen molar-refractivity contribution in [2.24, 2.45) is 5.41 Å². The lowest BCUT2D eigenvalue weighted by molar-refractivity contribution is 0.0248. The number of ether oxygens (including phenoxy) is 2. The van der Waals surface area contributed by atoms with Crippen molar-refractivity contribution in [3.63, 3.8) is 0 Å². The van der Waals surface area contributed by atoms with Gasteiger partial charge in [0, 0.05) is 37.4 Å². The molecule has 1 spiro atoms. The quantitative estimate of drug-likeness (QED) is 0.681. The molecule has 2 aromatic rings. The summed E-state index contributed by atoms with van der Waals surface area (Å²) in [6, 6.07) is 9.54. The maximum atomic E-state index is 6.46. The first kappa shape index (κ1) is 21.4. The van der Waals surface area contributed by atoms with Gasteiger partial charge in [0.1, 0.15) is 18.2 Å². The molecule has 1 saturated carbocycles. The van der Waals surface area contributed by atoms with Gasteiger partial charge in [-0.3, -0.25) is 0 Å². The number of aromatic nitrogens is 2. The van der Waals surface area contributed by atoms with Gasteiger partial charge in [0.05, 0.1) is 31.3 Å². The molecule has 3 aliphatic heterocycles. The van der Waals surface area contributed by atoms with Gasteiger partial charge in [0.25, 0.3) is 0 Å². The molecule has 4 aliphatic rings. The zero-order valence-corrected chi connectivity index (χ0v) is 19.6. The van der Waals surface area contributed by atoms with Crippen LogP contribution in [0, 0.1) is 5.41 Å². The lowest BCUT2D eigenvalue weighted by Gasteiger charge is -2.50. The van der Waals surface area contributed by atoms with Crippen LogP contribution in [-0.4, -0.2) is 66.4 Å². The SMILES string of the molecule is c1ccc(C2CCN(C3CCC4(C3)CN(c3cncnc3)C4)CC2)c(OC2CCOCC2)c1. The minimum atomic E-state index is 0.305. The van der Waals surface area contributed by atoms with Crippen LogP contribution in [-0.2, 0) is 4.74 Å². The van der Waals surface area contributed by atoms with Crippen LogP contribution in [0.25, 0.3) is 0 Å². The molecule has 1 aromatic heterocycles. The number of anilines is 1. The Kier molecular flexibility index (Phi) is 5.97. The molecule has 6 nitrogen and oxygen atoms in total. The fourth-order valence-electron chi connectivity index (χ4n) is 6.65. The maximum absolute atomic E-state index is 6.46. The molecule has 0 amide bonds. The number of nitrogens with zero attached hydrogens (tertiary/aromatic N) is 4. The smallest absolute Gasteiger partial charge is 0.123 e. The van der Waals surface area contributed by atoms with Crippen molar-refractivity contribution in [2.45, 2.75) is 63.0 Å². The van der Waals surface area contributed by atoms with E-state index in [0.29, 0.717) is 17.4 Å². The van der Waals surface area contributed by atoms with Crippen molar-refractivity contribution in [2.75, 3.05) is 44.3 Å². The monoisotopic (exact) mass is 448 g/mol. The fourth-order valence-corrected chi connectivity index (χ4v) is 6.65. The van der Waals surface area contributed by atoms with Crippen molar-refractivity contribution in [1.29, 1.82) is 0 Å². The van der Waals surface area contributed by atoms with Gasteiger partial charge in [0.15, 0.2) is 0 Å². The van der Waals surface area contributed by atoms with Crippen LogP contribution < -0.4 is 9.64 Å². The fraction of sp³-hybridized carbons (Fsp3) is 0.630. The van der Waals surface area contributed by atoms with Gasteiger partial charge in [-0.25, -0.2) is 9.97 Å². The molecule has 0 radical (unpaired) electrons. The second kappa shape index (κ2) is 9.22. The number of likely N-dealkylation sites (tertiary alicyclic amines) is 1. The van der Waals surface area contributed by atoms with E-state index >= 15 is 0 Å². The van der Waals surface area contributed by atoms with Crippen LogP contribution in [0.1, 0.15) is 56.4 Å². The summed E-state index contributed by atoms with van der Waals surface area (Å²) < 4.78 is 12.0. The molecule has 4 fully saturated rings. The molecule has 0 bridgehead atoms. The molecule has 1 aliphatic carbocycles. The average molecular weight is 449 g/mol. The van der Waals surface area contributed by atoms with Crippen LogP contribution >= 0.6 is 0 Å². The first-order chi connectivity index (χ1) is 16.3. The predicted octanol–water partition coefficient (Wildman–Crippen LogP) is 4.27. The molecule has 1 atom stereocenters. The van der Waals surface area contributed by atoms with Crippen LogP contribution in [0.2, 0.25) is 0 Å². The van der Waals surface area contributed by atoms with Crippen LogP contribution in [0.4, 0.5) is 5.69 Å². The second-order valence-corrected chi connectivity index (χ2v) is 10.6. The second-order valence-electron chi connectivity index (χ2n) is 10.6. The van der Waals surface area contributed by atoms with Gasteiger partial charge >= 0.3 is 0 Å². The average Bonchev–Trinajstić information content (AvgIpc) is 3.31. The predicted molar refractivity (Wildman–Crippen MR) is 129 cm³/mol. The van der Waals surface area contributed by atoms with E-state index in [1.54, 1.807) is 6.33 Å². The number of hydrogen-bond donors (Lipinski definition) is 0. The number of rotatable bonds is 5. The largest absolute Gasteiger partial charge is 0.490 e. The summed E-state index contributed by atoms with van der Waals surface area (Å²) in [6.07, 6.45) is 14.4. The summed E-state index contributed by atoms with van der Waals surface area (Å²) >= 11 is 0. The van der Waals surface area contributed by atoms with E-state index in [9.17, 15) is 0 Å². The molecule has 6 rings (SSSR count). The van der Waals surface area contributed by atoms with E-state index in [2.05, 4.69) is 44.0 Å². The Hall–Kier alpha value is -2.18. The third kappa shape index (κ3) is 4.47. The topological polar surface area (TPSA) is 50.7 Å². The third-order valence-corrected chi connectivity index (χ3v) is 8.51. The zero-order valence-electron chi connectivity index (χ0n) is 19.6. The minimum absolute atomic E-state index is 0.305. The van der Waals surface area contributed by atoms with E-state index in [0.717, 1.165) is 37.8 Å². The number of hydrogen-bond acceptors (Lipinski definition) is 6. The zero-order chi connectivity index (χ0) is 22.1. The molecule has 1 aromatic carbocycles. The van der Waals surface area contributed by atoms with Gasteiger partial charge in [-0.05, 0) is 62.7 Å². The Bertz CT molecular complexity index is 919. The summed E-state index contributed by atoms with van der Waals surface area (Å²) in [7, 11) is 0. The van der Waals surface area contributed by atoms with Crippen molar-refractivity contribution in [3.05, 3.63) is 48.5 Å². The van der Waals surface area contributed by atoms with E-state index in [4.69, 9.17) is 9.47 Å². The first-order valence-corrected chi connectivity index (χ1v) is 12.9. The van der Waals surface area contributed by atoms with Crippen molar-refractivity contribution in [1.82, 2.24) is 14.9 Å². The Labute approximate surface area is 197 Å². The molecule has 4 heterocycles. The van der Waals surface area contributed by atoms with Gasteiger partial charge in [0.2, 0.25) is 0 Å². The summed E-state index contributed by atoms with van der Waals surface area (Å²) in [5.41, 5.74) is 3.11. The Balaban J connectivity index is 1.03. The molecule has 3 saturated heterocycles. The summed E-state index contributed by atoms with van der Waals surface area (Å²) in [6.45, 7) is 6.42. The molecule has 6 heteroatoms. The minimum Gasteiger partial charge on any atom is -0.490 e. The maximum Gasteiger partial charge on any atom is 0.123 e. The summed E-state index contributed by atoms with van der Waals surface area (Å²) in [4.78, 5) is 13.6. The normalized spacial score (nSPS) is 26.4. The molecular formula is C27H36N4O2. The lowest BCUT2D eigenvalue weighted by atomic mass is 9.77. The number of para-hydroxylation sites is 1. The van der Waals surface area contributed by atoms with Gasteiger partial charge < -0.3 is 19.3 Å². The van der Waals surface area contributed by atoms with Gasteiger partial charge in [-0.15, -0.1) is 0 Å². The van der Waals surface area contributed by atoms with Gasteiger partial charge in [-0.1, -0.05) is 18.2 Å². The summed E-state index contributed by atoms with van der Waals surface area (Å²) in [5.74, 6) is 1.73. The highest BCUT2D eigenvalue weighted by Crippen LogP contribution is 2.49. The molecule has 1 unspecified atom stereocenters. The summed E-state index contributed by atoms with van der Waals surface area (Å²) in [5, 5.41) is 0. The van der Waals surface area contributed by atoms with E-state index in [1.165, 1.54) is 69.5 Å². The van der Waals surface area contributed by atoms with Crippen molar-refractivity contribution in [3.8, 4) is 5.75 Å². The van der Waals surface area contributed by atoms with E-state index in [-0.39, 0.29) is 0 Å². The van der Waals surface area contributed by atoms with Crippen LogP contribution in [0.5, 0.6) is 5.75 Å². The van der Waals surface area contributed by atoms with E-state index < -0.39 is 0 Å². The highest BCUT2D eigenvalue weighted by atomic mass is 16.5. The number of piperidine rings is 1. The van der Waals surface area contributed by atoms with Crippen LogP contribution in [0.15, 0.2) is 43.0 Å². The Morgan fingerprint density at radius 1 is 0.939 bits per heavy atom. The highest BCUT2D eigenvalue weighted by molar-refractivity contribution is 5.46. The molecule has 176 valence electrons. The highest BCUT2D eigenvalue weighted by Gasteiger charge is 2.49. The molecule has 0 N–H and O–H groups in total. The van der Waals surface area contributed by atoms with E-state index in [1.807, 2.05) is 12.4 Å². The Morgan fingerprint density at radius 3 is 2.48 bits per heavy atom. The molecule has 33 heavy (non-hydrogen) atoms. The van der Waals surface area contributed by atoms with Gasteiger partial charge in [-0.2, -0.15) is 0 Å². The third-order valence-electron chi connectivity index (χ3n) is 8.51. The Morgan fingerprint density at radius 2 is 1.70 bits per heavy atom.